The number of halogens is 1. The van der Waals surface area contributed by atoms with Crippen LogP contribution in [0, 0.1) is 0 Å². The zero-order valence-corrected chi connectivity index (χ0v) is 14.3. The number of fused-ring (bicyclic) bond motifs is 2. The van der Waals surface area contributed by atoms with Crippen molar-refractivity contribution in [2.24, 2.45) is 0 Å². The zero-order valence-electron chi connectivity index (χ0n) is 13.6. The van der Waals surface area contributed by atoms with E-state index in [1.807, 2.05) is 0 Å². The van der Waals surface area contributed by atoms with E-state index in [1.165, 1.54) is 6.07 Å². The topological polar surface area (TPSA) is 117 Å². The summed E-state index contributed by atoms with van der Waals surface area (Å²) >= 11 is 5.91. The number of furan rings is 1. The molecule has 9 heteroatoms. The summed E-state index contributed by atoms with van der Waals surface area (Å²) in [6.07, 6.45) is 0. The van der Waals surface area contributed by atoms with Crippen LogP contribution in [0.25, 0.3) is 21.7 Å². The molecule has 4 rings (SSSR count). The average Bonchev–Trinajstić information content (AvgIpc) is 3.09. The van der Waals surface area contributed by atoms with Gasteiger partial charge in [-0.1, -0.05) is 29.8 Å². The minimum atomic E-state index is -0.685. The molecule has 0 aliphatic rings. The molecule has 134 valence electrons. The number of hydrazine groups is 1. The van der Waals surface area contributed by atoms with Crippen LogP contribution >= 0.6 is 11.6 Å². The van der Waals surface area contributed by atoms with E-state index in [4.69, 9.17) is 16.0 Å². The molecule has 0 unspecified atom stereocenters. The molecule has 2 aromatic carbocycles. The zero-order chi connectivity index (χ0) is 19.0. The van der Waals surface area contributed by atoms with Crippen molar-refractivity contribution in [3.05, 3.63) is 75.4 Å². The molecule has 0 saturated heterocycles. The van der Waals surface area contributed by atoms with Crippen molar-refractivity contribution in [3.63, 3.8) is 0 Å². The molecule has 8 nitrogen and oxygen atoms in total. The number of nitrogens with zero attached hydrogens (tertiary/aromatic N) is 1. The quantitative estimate of drug-likeness (QED) is 0.460. The largest absolute Gasteiger partial charge is 0.451 e. The number of hydrogen-bond donors (Lipinski definition) is 3. The Morgan fingerprint density at radius 2 is 1.74 bits per heavy atom. The smallest absolute Gasteiger partial charge is 0.305 e. The molecule has 2 heterocycles. The second-order valence-corrected chi connectivity index (χ2v) is 6.08. The van der Waals surface area contributed by atoms with E-state index in [0.717, 1.165) is 0 Å². The van der Waals surface area contributed by atoms with Crippen molar-refractivity contribution in [1.29, 1.82) is 0 Å². The van der Waals surface area contributed by atoms with Gasteiger partial charge in [-0.05, 0) is 30.3 Å². The standard InChI is InChI=1S/C18H11ClN4O4/c19-10-5-6-13-9(7-10)8-14(27-13)17(25)22-23-18(26)15-11-3-1-2-4-12(11)16(24)21-20-15/h1-8H,(H,21,24)(H,22,25)(H,23,26). The van der Waals surface area contributed by atoms with E-state index < -0.39 is 17.4 Å². The summed E-state index contributed by atoms with van der Waals surface area (Å²) in [6, 6.07) is 13.0. The number of carbonyl (C=O) groups is 2. The SMILES string of the molecule is O=C(NNC(=O)c1n[nH]c(=O)c2ccccc12)c1cc2cc(Cl)ccc2o1. The van der Waals surface area contributed by atoms with Gasteiger partial charge in [-0.15, -0.1) is 0 Å². The number of nitrogens with one attached hydrogen (secondary N) is 3. The molecule has 2 aromatic heterocycles. The Bertz CT molecular complexity index is 1260. The van der Waals surface area contributed by atoms with Gasteiger partial charge in [0.1, 0.15) is 5.58 Å². The lowest BCUT2D eigenvalue weighted by Crippen LogP contribution is -2.42. The van der Waals surface area contributed by atoms with E-state index in [9.17, 15) is 14.4 Å². The number of aromatic nitrogens is 2. The van der Waals surface area contributed by atoms with Crippen LogP contribution in [0.1, 0.15) is 21.0 Å². The Hall–Kier alpha value is -3.65. The number of benzene rings is 2. The average molecular weight is 383 g/mol. The maximum Gasteiger partial charge on any atom is 0.305 e. The van der Waals surface area contributed by atoms with E-state index in [0.29, 0.717) is 26.8 Å². The maximum atomic E-state index is 12.4. The number of aromatic amines is 1. The first kappa shape index (κ1) is 16.8. The van der Waals surface area contributed by atoms with Crippen LogP contribution in [0.15, 0.2) is 57.7 Å². The third-order valence-corrected chi connectivity index (χ3v) is 4.14. The molecule has 0 radical (unpaired) electrons. The summed E-state index contributed by atoms with van der Waals surface area (Å²) in [7, 11) is 0. The number of H-pyrrole nitrogens is 1. The first-order valence-corrected chi connectivity index (χ1v) is 8.18. The van der Waals surface area contributed by atoms with Crippen LogP contribution in [0.5, 0.6) is 0 Å². The normalized spacial score (nSPS) is 10.9. The molecule has 27 heavy (non-hydrogen) atoms. The van der Waals surface area contributed by atoms with Gasteiger partial charge in [-0.25, -0.2) is 5.10 Å². The van der Waals surface area contributed by atoms with Crippen LogP contribution in [-0.2, 0) is 0 Å². The van der Waals surface area contributed by atoms with Crippen molar-refractivity contribution < 1.29 is 14.0 Å². The van der Waals surface area contributed by atoms with Gasteiger partial charge >= 0.3 is 5.91 Å². The molecule has 4 aromatic rings. The second-order valence-electron chi connectivity index (χ2n) is 5.65. The van der Waals surface area contributed by atoms with Crippen LogP contribution in [-0.4, -0.2) is 22.0 Å². The van der Waals surface area contributed by atoms with E-state index in [1.54, 1.807) is 42.5 Å². The Balaban J connectivity index is 1.54. The maximum absolute atomic E-state index is 12.4. The Labute approximate surface area is 156 Å². The molecule has 0 spiro atoms. The third kappa shape index (κ3) is 3.13. The van der Waals surface area contributed by atoms with Crippen molar-refractivity contribution in [2.75, 3.05) is 0 Å². The Morgan fingerprint density at radius 3 is 2.56 bits per heavy atom. The fourth-order valence-corrected chi connectivity index (χ4v) is 2.83. The minimum absolute atomic E-state index is 0.00634. The summed E-state index contributed by atoms with van der Waals surface area (Å²) < 4.78 is 5.42. The summed E-state index contributed by atoms with van der Waals surface area (Å²) in [6.45, 7) is 0. The fraction of sp³-hybridized carbons (Fsp3) is 0. The summed E-state index contributed by atoms with van der Waals surface area (Å²) in [5, 5.41) is 7.88. The fourth-order valence-electron chi connectivity index (χ4n) is 2.65. The molecular formula is C18H11ClN4O4. The van der Waals surface area contributed by atoms with Crippen LogP contribution < -0.4 is 16.4 Å². The predicted molar refractivity (Wildman–Crippen MR) is 98.5 cm³/mol. The summed E-state index contributed by atoms with van der Waals surface area (Å²) in [5.41, 5.74) is 4.56. The molecule has 0 saturated carbocycles. The lowest BCUT2D eigenvalue weighted by molar-refractivity contribution is 0.0830. The van der Waals surface area contributed by atoms with Crippen molar-refractivity contribution in [3.8, 4) is 0 Å². The van der Waals surface area contributed by atoms with Crippen molar-refractivity contribution >= 4 is 45.2 Å². The molecule has 0 aliphatic heterocycles. The predicted octanol–water partition coefficient (Wildman–Crippen LogP) is 2.40. The number of amides is 2. The lowest BCUT2D eigenvalue weighted by Gasteiger charge is -2.07. The van der Waals surface area contributed by atoms with E-state index in [2.05, 4.69) is 21.0 Å². The Kier molecular flexibility index (Phi) is 4.09. The number of carbonyl (C=O) groups excluding carboxylic acids is 2. The lowest BCUT2D eigenvalue weighted by atomic mass is 10.1. The van der Waals surface area contributed by atoms with Crippen LogP contribution in [0.2, 0.25) is 5.02 Å². The van der Waals surface area contributed by atoms with Gasteiger partial charge in [0.15, 0.2) is 11.5 Å². The van der Waals surface area contributed by atoms with E-state index in [-0.39, 0.29) is 11.5 Å². The summed E-state index contributed by atoms with van der Waals surface area (Å²) in [4.78, 5) is 36.4. The van der Waals surface area contributed by atoms with Crippen LogP contribution in [0.4, 0.5) is 0 Å². The van der Waals surface area contributed by atoms with Crippen molar-refractivity contribution in [2.45, 2.75) is 0 Å². The van der Waals surface area contributed by atoms with Gasteiger partial charge in [0.2, 0.25) is 0 Å². The van der Waals surface area contributed by atoms with Gasteiger partial charge < -0.3 is 4.42 Å². The number of rotatable bonds is 2. The highest BCUT2D eigenvalue weighted by Gasteiger charge is 2.17. The van der Waals surface area contributed by atoms with E-state index >= 15 is 0 Å². The molecule has 3 N–H and O–H groups in total. The highest BCUT2D eigenvalue weighted by molar-refractivity contribution is 6.31. The summed E-state index contributed by atoms with van der Waals surface area (Å²) in [5.74, 6) is -1.33. The van der Waals surface area contributed by atoms with Gasteiger partial charge in [-0.3, -0.25) is 25.2 Å². The van der Waals surface area contributed by atoms with Gasteiger partial charge in [0.25, 0.3) is 11.5 Å². The highest BCUT2D eigenvalue weighted by atomic mass is 35.5. The van der Waals surface area contributed by atoms with Gasteiger partial charge in [0, 0.05) is 15.8 Å². The van der Waals surface area contributed by atoms with Gasteiger partial charge in [0.05, 0.1) is 5.39 Å². The molecule has 0 fully saturated rings. The van der Waals surface area contributed by atoms with Gasteiger partial charge in [-0.2, -0.15) is 5.10 Å². The minimum Gasteiger partial charge on any atom is -0.451 e. The number of hydrogen-bond acceptors (Lipinski definition) is 5. The Morgan fingerprint density at radius 1 is 1.00 bits per heavy atom. The van der Waals surface area contributed by atoms with Crippen LogP contribution in [0.3, 0.4) is 0 Å². The highest BCUT2D eigenvalue weighted by Crippen LogP contribution is 2.22. The third-order valence-electron chi connectivity index (χ3n) is 3.90. The molecule has 0 aliphatic carbocycles. The second kappa shape index (κ2) is 6.58. The molecule has 2 amide bonds. The first-order valence-electron chi connectivity index (χ1n) is 7.80. The monoisotopic (exact) mass is 382 g/mol. The molecule has 0 atom stereocenters. The first-order chi connectivity index (χ1) is 13.0. The molecular weight excluding hydrogens is 372 g/mol. The molecule has 0 bridgehead atoms. The van der Waals surface area contributed by atoms with Crippen molar-refractivity contribution in [1.82, 2.24) is 21.0 Å².